The fourth-order valence-corrected chi connectivity index (χ4v) is 0.618. The fourth-order valence-electron chi connectivity index (χ4n) is 0.618. The van der Waals surface area contributed by atoms with E-state index in [1.165, 1.54) is 7.11 Å². The van der Waals surface area contributed by atoms with Gasteiger partial charge in [0.2, 0.25) is 0 Å². The number of hydrogen-bond donors (Lipinski definition) is 2. The lowest BCUT2D eigenvalue weighted by Crippen LogP contribution is -2.41. The van der Waals surface area contributed by atoms with Crippen molar-refractivity contribution in [2.75, 3.05) is 13.7 Å². The molecular weight excluding hydrogens is 174 g/mol. The summed E-state index contributed by atoms with van der Waals surface area (Å²) >= 11 is 0. The van der Waals surface area contributed by atoms with Crippen LogP contribution in [0.1, 0.15) is 20.8 Å². The van der Waals surface area contributed by atoms with Crippen molar-refractivity contribution in [1.82, 2.24) is 5.32 Å². The standard InChI is InChI=1S/C8H17NO4/c1-8(2,3)13-7(11)9-6(5-10)12-4/h6,10H,5H2,1-4H3,(H,9,11)/t6-/m1/s1. The van der Waals surface area contributed by atoms with Crippen molar-refractivity contribution < 1.29 is 19.4 Å². The summed E-state index contributed by atoms with van der Waals surface area (Å²) in [6.07, 6.45) is -1.32. The zero-order chi connectivity index (χ0) is 10.5. The van der Waals surface area contributed by atoms with Gasteiger partial charge in [0.1, 0.15) is 5.60 Å². The molecule has 0 radical (unpaired) electrons. The Hall–Kier alpha value is -0.810. The summed E-state index contributed by atoms with van der Waals surface area (Å²) < 4.78 is 9.65. The second-order valence-corrected chi connectivity index (χ2v) is 3.55. The molecule has 5 nitrogen and oxygen atoms in total. The Morgan fingerprint density at radius 1 is 1.54 bits per heavy atom. The molecule has 1 amide bonds. The van der Waals surface area contributed by atoms with Gasteiger partial charge in [-0.1, -0.05) is 0 Å². The summed E-state index contributed by atoms with van der Waals surface area (Å²) in [6, 6.07) is 0. The van der Waals surface area contributed by atoms with Crippen LogP contribution in [0.3, 0.4) is 0 Å². The summed E-state index contributed by atoms with van der Waals surface area (Å²) in [5.41, 5.74) is -0.544. The highest BCUT2D eigenvalue weighted by Gasteiger charge is 2.18. The maximum atomic E-state index is 11.1. The molecule has 13 heavy (non-hydrogen) atoms. The molecule has 0 aromatic carbocycles. The van der Waals surface area contributed by atoms with E-state index in [4.69, 9.17) is 14.6 Å². The molecule has 0 aromatic heterocycles. The van der Waals surface area contributed by atoms with Crippen LogP contribution >= 0.6 is 0 Å². The van der Waals surface area contributed by atoms with Gasteiger partial charge in [-0.15, -0.1) is 0 Å². The van der Waals surface area contributed by atoms with Crippen LogP contribution in [0.4, 0.5) is 4.79 Å². The van der Waals surface area contributed by atoms with E-state index in [1.54, 1.807) is 20.8 Å². The number of rotatable bonds is 3. The van der Waals surface area contributed by atoms with E-state index in [1.807, 2.05) is 0 Å². The molecule has 0 heterocycles. The first-order valence-corrected chi connectivity index (χ1v) is 4.02. The molecule has 0 unspecified atom stereocenters. The van der Waals surface area contributed by atoms with Gasteiger partial charge in [-0.05, 0) is 20.8 Å². The molecule has 0 saturated carbocycles. The number of methoxy groups -OCH3 is 1. The van der Waals surface area contributed by atoms with Crippen molar-refractivity contribution in [3.63, 3.8) is 0 Å². The Morgan fingerprint density at radius 3 is 2.38 bits per heavy atom. The minimum atomic E-state index is -0.713. The average Bonchev–Trinajstić information content (AvgIpc) is 1.96. The van der Waals surface area contributed by atoms with Crippen molar-refractivity contribution in [2.45, 2.75) is 32.6 Å². The molecule has 0 spiro atoms. The lowest BCUT2D eigenvalue weighted by atomic mass is 10.2. The van der Waals surface area contributed by atoms with Crippen molar-refractivity contribution in [3.8, 4) is 0 Å². The fraction of sp³-hybridized carbons (Fsp3) is 0.875. The van der Waals surface area contributed by atoms with Crippen LogP contribution in [0.15, 0.2) is 0 Å². The van der Waals surface area contributed by atoms with Gasteiger partial charge in [0.25, 0.3) is 0 Å². The molecule has 0 bridgehead atoms. The Labute approximate surface area is 78.0 Å². The Kier molecular flexibility index (Phi) is 4.72. The molecule has 0 saturated heterocycles. The molecule has 0 rings (SSSR count). The van der Waals surface area contributed by atoms with Gasteiger partial charge in [-0.25, -0.2) is 4.79 Å². The monoisotopic (exact) mass is 191 g/mol. The highest BCUT2D eigenvalue weighted by atomic mass is 16.6. The maximum Gasteiger partial charge on any atom is 0.409 e. The number of aliphatic hydroxyl groups excluding tert-OH is 1. The summed E-state index contributed by atoms with van der Waals surface area (Å²) in [4.78, 5) is 11.1. The van der Waals surface area contributed by atoms with Gasteiger partial charge < -0.3 is 14.6 Å². The van der Waals surface area contributed by atoms with Crippen LogP contribution < -0.4 is 5.32 Å². The van der Waals surface area contributed by atoms with E-state index < -0.39 is 17.9 Å². The van der Waals surface area contributed by atoms with Crippen molar-refractivity contribution in [3.05, 3.63) is 0 Å². The third-order valence-electron chi connectivity index (χ3n) is 1.13. The molecule has 0 fully saturated rings. The predicted molar refractivity (Wildman–Crippen MR) is 47.3 cm³/mol. The van der Waals surface area contributed by atoms with E-state index >= 15 is 0 Å². The second-order valence-electron chi connectivity index (χ2n) is 3.55. The van der Waals surface area contributed by atoms with Gasteiger partial charge in [0, 0.05) is 7.11 Å². The number of alkyl carbamates (subject to hydrolysis) is 1. The molecule has 78 valence electrons. The van der Waals surface area contributed by atoms with Crippen LogP contribution in [-0.2, 0) is 9.47 Å². The van der Waals surface area contributed by atoms with Gasteiger partial charge in [-0.2, -0.15) is 0 Å². The van der Waals surface area contributed by atoms with Crippen molar-refractivity contribution >= 4 is 6.09 Å². The maximum absolute atomic E-state index is 11.1. The first-order valence-electron chi connectivity index (χ1n) is 4.02. The quantitative estimate of drug-likeness (QED) is 0.636. The minimum absolute atomic E-state index is 0.282. The second kappa shape index (κ2) is 5.04. The molecule has 0 aromatic rings. The van der Waals surface area contributed by atoms with Gasteiger partial charge >= 0.3 is 6.09 Å². The summed E-state index contributed by atoms with van der Waals surface area (Å²) in [6.45, 7) is 4.99. The van der Waals surface area contributed by atoms with Crippen LogP contribution in [0.2, 0.25) is 0 Å². The topological polar surface area (TPSA) is 67.8 Å². The predicted octanol–water partition coefficient (Wildman–Crippen LogP) is 0.476. The van der Waals surface area contributed by atoms with Crippen molar-refractivity contribution in [1.29, 1.82) is 0 Å². The smallest absolute Gasteiger partial charge is 0.409 e. The van der Waals surface area contributed by atoms with E-state index in [0.717, 1.165) is 0 Å². The zero-order valence-electron chi connectivity index (χ0n) is 8.46. The van der Waals surface area contributed by atoms with Gasteiger partial charge in [0.15, 0.2) is 6.23 Å². The van der Waals surface area contributed by atoms with E-state index in [0.29, 0.717) is 0 Å². The van der Waals surface area contributed by atoms with Crippen LogP contribution in [-0.4, -0.2) is 36.7 Å². The third-order valence-corrected chi connectivity index (χ3v) is 1.13. The Bertz CT molecular complexity index is 160. The molecular formula is C8H17NO4. The zero-order valence-corrected chi connectivity index (χ0v) is 8.46. The van der Waals surface area contributed by atoms with Crippen LogP contribution in [0, 0.1) is 0 Å². The first kappa shape index (κ1) is 12.2. The largest absolute Gasteiger partial charge is 0.444 e. The molecule has 1 atom stereocenters. The molecule has 2 N–H and O–H groups in total. The molecule has 0 aliphatic carbocycles. The Balaban J connectivity index is 3.86. The van der Waals surface area contributed by atoms with E-state index in [2.05, 4.69) is 5.32 Å². The van der Waals surface area contributed by atoms with E-state index in [9.17, 15) is 4.79 Å². The number of nitrogens with one attached hydrogen (secondary N) is 1. The lowest BCUT2D eigenvalue weighted by molar-refractivity contribution is 0.00288. The third kappa shape index (κ3) is 6.36. The first-order chi connectivity index (χ1) is 5.89. The Morgan fingerprint density at radius 2 is 2.08 bits per heavy atom. The van der Waals surface area contributed by atoms with E-state index in [-0.39, 0.29) is 6.61 Å². The SMILES string of the molecule is CO[C@H](CO)NC(=O)OC(C)(C)C. The number of carbonyl (C=O) groups is 1. The molecule has 0 aliphatic heterocycles. The number of carbonyl (C=O) groups excluding carboxylic acids is 1. The van der Waals surface area contributed by atoms with Crippen molar-refractivity contribution in [2.24, 2.45) is 0 Å². The van der Waals surface area contributed by atoms with Crippen LogP contribution in [0.5, 0.6) is 0 Å². The molecule has 0 aliphatic rings. The summed E-state index contributed by atoms with van der Waals surface area (Å²) in [5, 5.41) is 11.0. The highest BCUT2D eigenvalue weighted by Crippen LogP contribution is 2.06. The number of amides is 1. The average molecular weight is 191 g/mol. The minimum Gasteiger partial charge on any atom is -0.444 e. The highest BCUT2D eigenvalue weighted by molar-refractivity contribution is 5.67. The normalized spacial score (nSPS) is 13.6. The van der Waals surface area contributed by atoms with Gasteiger partial charge in [-0.3, -0.25) is 5.32 Å². The summed E-state index contributed by atoms with van der Waals surface area (Å²) in [5.74, 6) is 0. The van der Waals surface area contributed by atoms with Crippen LogP contribution in [0.25, 0.3) is 0 Å². The van der Waals surface area contributed by atoms with Gasteiger partial charge in [0.05, 0.1) is 6.61 Å². The number of hydrogen-bond acceptors (Lipinski definition) is 4. The number of ether oxygens (including phenoxy) is 2. The number of aliphatic hydroxyl groups is 1. The lowest BCUT2D eigenvalue weighted by Gasteiger charge is -2.21. The molecule has 5 heteroatoms. The summed E-state index contributed by atoms with van der Waals surface area (Å²) in [7, 11) is 1.39.